The molecule has 3 aromatic rings. The standard InChI is InChI=1S/C32H36N2O5/c1-3-9-29(35)39-32(31(36)37-2)25-18-27-30-24(23-12-7-8-13-26(23)33-30)16-17-34(27)19-22(25)14-15-28(32)38-20-21-10-5-4-6-11-21/h3-8,10-13,22,25,27-28,33H,1,9,14-20H2,2H3/t22-,25+,27+,28-,32+/m1/s1. The summed E-state index contributed by atoms with van der Waals surface area (Å²) in [7, 11) is 1.37. The van der Waals surface area contributed by atoms with Crippen LogP contribution >= 0.6 is 0 Å². The third kappa shape index (κ3) is 4.47. The van der Waals surface area contributed by atoms with Gasteiger partial charge in [-0.3, -0.25) is 9.69 Å². The Labute approximate surface area is 229 Å². The van der Waals surface area contributed by atoms with Gasteiger partial charge in [-0.2, -0.15) is 0 Å². The van der Waals surface area contributed by atoms with Gasteiger partial charge in [0.25, 0.3) is 0 Å². The topological polar surface area (TPSA) is 80.9 Å². The Morgan fingerprint density at radius 1 is 1.13 bits per heavy atom. The predicted octanol–water partition coefficient (Wildman–Crippen LogP) is 5.11. The van der Waals surface area contributed by atoms with Crippen molar-refractivity contribution < 1.29 is 23.8 Å². The molecule has 2 aromatic carbocycles. The van der Waals surface area contributed by atoms with E-state index in [1.165, 1.54) is 29.8 Å². The van der Waals surface area contributed by atoms with Crippen LogP contribution in [0.5, 0.6) is 0 Å². The summed E-state index contributed by atoms with van der Waals surface area (Å²) in [6.07, 6.45) is 4.08. The molecule has 3 heterocycles. The molecule has 1 saturated carbocycles. The number of nitrogens with zero attached hydrogens (tertiary/aromatic N) is 1. The molecular formula is C32H36N2O5. The minimum Gasteiger partial charge on any atom is -0.466 e. The van der Waals surface area contributed by atoms with Crippen LogP contribution < -0.4 is 0 Å². The van der Waals surface area contributed by atoms with Gasteiger partial charge in [-0.05, 0) is 48.8 Å². The number of rotatable bonds is 7. The van der Waals surface area contributed by atoms with E-state index in [-0.39, 0.29) is 24.3 Å². The average Bonchev–Trinajstić information content (AvgIpc) is 3.35. The molecule has 7 nitrogen and oxygen atoms in total. The van der Waals surface area contributed by atoms with Crippen molar-refractivity contribution in [1.82, 2.24) is 9.88 Å². The molecule has 0 unspecified atom stereocenters. The van der Waals surface area contributed by atoms with E-state index in [0.717, 1.165) is 37.0 Å². The first-order valence-electron chi connectivity index (χ1n) is 13.9. The second-order valence-electron chi connectivity index (χ2n) is 11.0. The lowest BCUT2D eigenvalue weighted by atomic mass is 9.62. The van der Waals surface area contributed by atoms with E-state index in [4.69, 9.17) is 14.2 Å². The molecular weight excluding hydrogens is 492 g/mol. The number of methoxy groups -OCH3 is 1. The number of aromatic amines is 1. The second kappa shape index (κ2) is 10.6. The maximum Gasteiger partial charge on any atom is 0.353 e. The van der Waals surface area contributed by atoms with Gasteiger partial charge in [0.1, 0.15) is 6.10 Å². The second-order valence-corrected chi connectivity index (χ2v) is 11.0. The van der Waals surface area contributed by atoms with Crippen molar-refractivity contribution in [3.05, 3.63) is 84.1 Å². The number of para-hydroxylation sites is 1. The molecule has 1 aliphatic carbocycles. The number of hydrogen-bond donors (Lipinski definition) is 1. The number of esters is 2. The van der Waals surface area contributed by atoms with E-state index in [0.29, 0.717) is 19.4 Å². The third-order valence-corrected chi connectivity index (χ3v) is 9.01. The van der Waals surface area contributed by atoms with Crippen LogP contribution in [-0.4, -0.2) is 53.7 Å². The Balaban J connectivity index is 1.39. The predicted molar refractivity (Wildman–Crippen MR) is 148 cm³/mol. The Kier molecular flexibility index (Phi) is 7.04. The molecule has 1 saturated heterocycles. The third-order valence-electron chi connectivity index (χ3n) is 9.01. The Bertz CT molecular complexity index is 1370. The molecule has 1 N–H and O–H groups in total. The smallest absolute Gasteiger partial charge is 0.353 e. The van der Waals surface area contributed by atoms with Crippen LogP contribution in [0.1, 0.15) is 48.5 Å². The van der Waals surface area contributed by atoms with Gasteiger partial charge in [0.15, 0.2) is 0 Å². The largest absolute Gasteiger partial charge is 0.466 e. The van der Waals surface area contributed by atoms with Crippen LogP contribution in [0, 0.1) is 11.8 Å². The molecule has 6 rings (SSSR count). The lowest BCUT2D eigenvalue weighted by Gasteiger charge is -2.55. The summed E-state index contributed by atoms with van der Waals surface area (Å²) in [4.78, 5) is 33.1. The molecule has 0 spiro atoms. The number of piperidine rings is 1. The first-order valence-corrected chi connectivity index (χ1v) is 13.9. The molecule has 0 amide bonds. The van der Waals surface area contributed by atoms with Crippen LogP contribution in [0.3, 0.4) is 0 Å². The van der Waals surface area contributed by atoms with Crippen LogP contribution in [-0.2, 0) is 36.8 Å². The van der Waals surface area contributed by atoms with Crippen molar-refractivity contribution in [1.29, 1.82) is 0 Å². The normalized spacial score (nSPS) is 28.1. The van der Waals surface area contributed by atoms with Gasteiger partial charge in [0, 0.05) is 35.6 Å². The van der Waals surface area contributed by atoms with Gasteiger partial charge >= 0.3 is 11.9 Å². The van der Waals surface area contributed by atoms with Gasteiger partial charge in [-0.25, -0.2) is 4.79 Å². The summed E-state index contributed by atoms with van der Waals surface area (Å²) in [5.74, 6) is -1.08. The summed E-state index contributed by atoms with van der Waals surface area (Å²) in [5, 5.41) is 1.26. The van der Waals surface area contributed by atoms with Crippen molar-refractivity contribution in [2.24, 2.45) is 11.8 Å². The Morgan fingerprint density at radius 2 is 1.92 bits per heavy atom. The fourth-order valence-electron chi connectivity index (χ4n) is 7.30. The number of carbonyl (C=O) groups is 2. The van der Waals surface area contributed by atoms with Crippen molar-refractivity contribution >= 4 is 22.8 Å². The van der Waals surface area contributed by atoms with Gasteiger partial charge in [0.05, 0.1) is 26.2 Å². The van der Waals surface area contributed by atoms with Gasteiger partial charge in [0.2, 0.25) is 5.60 Å². The number of benzene rings is 2. The summed E-state index contributed by atoms with van der Waals surface area (Å²) in [6, 6.07) is 18.4. The first-order chi connectivity index (χ1) is 19.0. The highest BCUT2D eigenvalue weighted by molar-refractivity contribution is 5.86. The maximum atomic E-state index is 13.8. The molecule has 0 bridgehead atoms. The molecule has 2 fully saturated rings. The average molecular weight is 529 g/mol. The van der Waals surface area contributed by atoms with E-state index in [1.807, 2.05) is 30.3 Å². The number of ether oxygens (including phenoxy) is 3. The number of nitrogens with one attached hydrogen (secondary N) is 1. The van der Waals surface area contributed by atoms with Crippen LogP contribution in [0.2, 0.25) is 0 Å². The lowest BCUT2D eigenvalue weighted by molar-refractivity contribution is -0.233. The minimum atomic E-state index is -1.53. The zero-order valence-electron chi connectivity index (χ0n) is 22.4. The van der Waals surface area contributed by atoms with E-state index < -0.39 is 23.6 Å². The Hall–Kier alpha value is -3.42. The summed E-state index contributed by atoms with van der Waals surface area (Å²) < 4.78 is 18.1. The summed E-state index contributed by atoms with van der Waals surface area (Å²) >= 11 is 0. The molecule has 7 heteroatoms. The fraction of sp³-hybridized carbons (Fsp3) is 0.438. The highest BCUT2D eigenvalue weighted by Gasteiger charge is 2.63. The Morgan fingerprint density at radius 3 is 2.72 bits per heavy atom. The SMILES string of the molecule is C=CCC(=O)O[C@]1(C(=O)OC)[C@H](OCc2ccccc2)CC[C@@H]2CN3CCc4c([nH]c5ccccc45)[C@@H]3C[C@@H]21. The van der Waals surface area contributed by atoms with Gasteiger partial charge < -0.3 is 19.2 Å². The van der Waals surface area contributed by atoms with Crippen molar-refractivity contribution in [3.8, 4) is 0 Å². The highest BCUT2D eigenvalue weighted by Crippen LogP contribution is 2.53. The van der Waals surface area contributed by atoms with E-state index in [2.05, 4.69) is 40.7 Å². The molecule has 1 aromatic heterocycles. The van der Waals surface area contributed by atoms with Crippen LogP contribution in [0.4, 0.5) is 0 Å². The van der Waals surface area contributed by atoms with Crippen LogP contribution in [0.15, 0.2) is 67.3 Å². The summed E-state index contributed by atoms with van der Waals surface area (Å²) in [5.41, 5.74) is 3.17. The summed E-state index contributed by atoms with van der Waals surface area (Å²) in [6.45, 7) is 5.83. The monoisotopic (exact) mass is 528 g/mol. The molecule has 3 aliphatic rings. The van der Waals surface area contributed by atoms with Crippen LogP contribution in [0.25, 0.3) is 10.9 Å². The van der Waals surface area contributed by atoms with Gasteiger partial charge in [-0.15, -0.1) is 6.58 Å². The first kappa shape index (κ1) is 25.8. The quantitative estimate of drug-likeness (QED) is 0.339. The van der Waals surface area contributed by atoms with Crippen molar-refractivity contribution in [2.75, 3.05) is 20.2 Å². The molecule has 0 radical (unpaired) electrons. The minimum absolute atomic E-state index is 0.0171. The highest BCUT2D eigenvalue weighted by atomic mass is 16.6. The van der Waals surface area contributed by atoms with E-state index in [9.17, 15) is 9.59 Å². The van der Waals surface area contributed by atoms with Crippen molar-refractivity contribution in [3.63, 3.8) is 0 Å². The van der Waals surface area contributed by atoms with Crippen molar-refractivity contribution in [2.45, 2.75) is 56.5 Å². The molecule has 39 heavy (non-hydrogen) atoms. The number of hydrogen-bond acceptors (Lipinski definition) is 6. The lowest BCUT2D eigenvalue weighted by Crippen LogP contribution is -2.66. The molecule has 2 aliphatic heterocycles. The maximum absolute atomic E-state index is 13.8. The fourth-order valence-corrected chi connectivity index (χ4v) is 7.30. The van der Waals surface area contributed by atoms with E-state index in [1.54, 1.807) is 0 Å². The van der Waals surface area contributed by atoms with Gasteiger partial charge in [-0.1, -0.05) is 54.6 Å². The molecule has 5 atom stereocenters. The number of aromatic nitrogens is 1. The zero-order chi connectivity index (χ0) is 27.0. The number of carbonyl (C=O) groups excluding carboxylic acids is 2. The number of fused-ring (bicyclic) bond motifs is 6. The van der Waals surface area contributed by atoms with E-state index >= 15 is 0 Å². The zero-order valence-corrected chi connectivity index (χ0v) is 22.4. The number of H-pyrrole nitrogens is 1. The molecule has 204 valence electrons.